The molecule has 1 saturated heterocycles. The number of esters is 1. The summed E-state index contributed by atoms with van der Waals surface area (Å²) < 4.78 is 16.1. The van der Waals surface area contributed by atoms with Gasteiger partial charge in [-0.25, -0.2) is 24.5 Å². The number of rotatable bonds is 6. The van der Waals surface area contributed by atoms with Crippen molar-refractivity contribution in [2.24, 2.45) is 0 Å². The molecule has 0 aliphatic carbocycles. The van der Waals surface area contributed by atoms with Crippen LogP contribution in [0.15, 0.2) is 42.7 Å². The van der Waals surface area contributed by atoms with Crippen molar-refractivity contribution in [3.8, 4) is 22.9 Å². The van der Waals surface area contributed by atoms with Crippen LogP contribution >= 0.6 is 23.2 Å². The first kappa shape index (κ1) is 28.4. The van der Waals surface area contributed by atoms with Gasteiger partial charge in [0.25, 0.3) is 0 Å². The number of carbonyl (C=O) groups is 2. The number of methoxy groups -OCH3 is 1. The molecular formula is C27H29Cl2N5O5. The van der Waals surface area contributed by atoms with E-state index in [2.05, 4.69) is 20.3 Å². The minimum absolute atomic E-state index is 0.0236. The zero-order chi connectivity index (χ0) is 28.2. The number of halogens is 2. The number of amides is 1. The molecule has 1 N–H and O–H groups in total. The second-order valence-electron chi connectivity index (χ2n) is 9.96. The summed E-state index contributed by atoms with van der Waals surface area (Å²) in [7, 11) is 1.29. The van der Waals surface area contributed by atoms with Crippen LogP contribution in [0.4, 0.5) is 10.7 Å². The summed E-state index contributed by atoms with van der Waals surface area (Å²) in [6.45, 7) is 6.85. The van der Waals surface area contributed by atoms with E-state index in [1.54, 1.807) is 24.3 Å². The van der Waals surface area contributed by atoms with Crippen LogP contribution in [0.5, 0.6) is 11.6 Å². The van der Waals surface area contributed by atoms with Gasteiger partial charge in [-0.1, -0.05) is 23.2 Å². The van der Waals surface area contributed by atoms with Crippen molar-refractivity contribution in [3.05, 3.63) is 58.3 Å². The standard InChI is InChI=1S/C27H29Cl2N5O5/c1-27(2,3)39-26(36)32-20-5-7-34(8-6-20)25-30-14-21(15-31-25)38-23-12-17(24(35)37-4)11-22(33-23)16-9-18(28)13-19(29)10-16/h9-15,20H,5-8H2,1-4H3,(H,32,36). The molecule has 1 aliphatic rings. The highest BCUT2D eigenvalue weighted by atomic mass is 35.5. The summed E-state index contributed by atoms with van der Waals surface area (Å²) in [4.78, 5) is 39.7. The fraction of sp³-hybridized carbons (Fsp3) is 0.370. The Labute approximate surface area is 236 Å². The fourth-order valence-electron chi connectivity index (χ4n) is 3.99. The third-order valence-electron chi connectivity index (χ3n) is 5.72. The van der Waals surface area contributed by atoms with Gasteiger partial charge in [0.1, 0.15) is 5.60 Å². The van der Waals surface area contributed by atoms with E-state index in [9.17, 15) is 9.59 Å². The minimum atomic E-state index is -0.548. The van der Waals surface area contributed by atoms with Crippen molar-refractivity contribution in [2.75, 3.05) is 25.1 Å². The van der Waals surface area contributed by atoms with E-state index < -0.39 is 17.7 Å². The van der Waals surface area contributed by atoms with Crippen LogP contribution in [0, 0.1) is 0 Å². The lowest BCUT2D eigenvalue weighted by Gasteiger charge is -2.32. The Morgan fingerprint density at radius 1 is 1.00 bits per heavy atom. The van der Waals surface area contributed by atoms with E-state index in [0.29, 0.717) is 46.1 Å². The fourth-order valence-corrected chi connectivity index (χ4v) is 4.51. The predicted molar refractivity (Wildman–Crippen MR) is 148 cm³/mol. The summed E-state index contributed by atoms with van der Waals surface area (Å²) in [6.07, 6.45) is 4.14. The Balaban J connectivity index is 1.43. The molecular weight excluding hydrogens is 545 g/mol. The van der Waals surface area contributed by atoms with Gasteiger partial charge in [-0.15, -0.1) is 0 Å². The number of benzene rings is 1. The molecule has 1 amide bonds. The quantitative estimate of drug-likeness (QED) is 0.358. The Hall–Kier alpha value is -3.63. The maximum Gasteiger partial charge on any atom is 0.407 e. The minimum Gasteiger partial charge on any atom is -0.465 e. The number of hydrogen-bond donors (Lipinski definition) is 1. The van der Waals surface area contributed by atoms with Crippen molar-refractivity contribution in [2.45, 2.75) is 45.3 Å². The molecule has 3 heterocycles. The molecule has 1 aromatic carbocycles. The normalized spacial score (nSPS) is 14.1. The third kappa shape index (κ3) is 7.93. The van der Waals surface area contributed by atoms with Crippen molar-refractivity contribution in [3.63, 3.8) is 0 Å². The number of piperidine rings is 1. The lowest BCUT2D eigenvalue weighted by Crippen LogP contribution is -2.46. The summed E-state index contributed by atoms with van der Waals surface area (Å²) in [6, 6.07) is 8.04. The van der Waals surface area contributed by atoms with Gasteiger partial charge in [-0.2, -0.15) is 0 Å². The van der Waals surface area contributed by atoms with Crippen molar-refractivity contribution < 1.29 is 23.8 Å². The van der Waals surface area contributed by atoms with Crippen LogP contribution in [0.2, 0.25) is 10.0 Å². The van der Waals surface area contributed by atoms with Crippen LogP contribution in [-0.2, 0) is 9.47 Å². The number of hydrogen-bond acceptors (Lipinski definition) is 9. The topological polar surface area (TPSA) is 116 Å². The van der Waals surface area contributed by atoms with E-state index in [1.165, 1.54) is 25.6 Å². The number of anilines is 1. The van der Waals surface area contributed by atoms with Gasteiger partial charge in [-0.05, 0) is 57.9 Å². The van der Waals surface area contributed by atoms with Crippen molar-refractivity contribution in [1.29, 1.82) is 0 Å². The SMILES string of the molecule is COC(=O)c1cc(Oc2cnc(N3CCC(NC(=O)OC(C)(C)C)CC3)nc2)nc(-c2cc(Cl)cc(Cl)c2)c1. The molecule has 10 nitrogen and oxygen atoms in total. The smallest absolute Gasteiger partial charge is 0.407 e. The van der Waals surface area contributed by atoms with E-state index in [1.807, 2.05) is 25.7 Å². The maximum atomic E-state index is 12.3. The Kier molecular flexibility index (Phi) is 8.76. The van der Waals surface area contributed by atoms with Gasteiger partial charge < -0.3 is 24.4 Å². The van der Waals surface area contributed by atoms with Crippen molar-refractivity contribution >= 4 is 41.2 Å². The monoisotopic (exact) mass is 573 g/mol. The van der Waals surface area contributed by atoms with E-state index >= 15 is 0 Å². The summed E-state index contributed by atoms with van der Waals surface area (Å²) >= 11 is 12.3. The first-order valence-electron chi connectivity index (χ1n) is 12.3. The molecule has 4 rings (SSSR count). The number of pyridine rings is 1. The molecule has 0 bridgehead atoms. The van der Waals surface area contributed by atoms with Crippen LogP contribution in [0.25, 0.3) is 11.3 Å². The van der Waals surface area contributed by atoms with Crippen LogP contribution in [0.1, 0.15) is 44.0 Å². The largest absolute Gasteiger partial charge is 0.465 e. The van der Waals surface area contributed by atoms with Crippen LogP contribution in [-0.4, -0.2) is 58.9 Å². The first-order chi connectivity index (χ1) is 18.5. The molecule has 12 heteroatoms. The molecule has 0 atom stereocenters. The van der Waals surface area contributed by atoms with Crippen molar-refractivity contribution in [1.82, 2.24) is 20.3 Å². The van der Waals surface area contributed by atoms with E-state index in [-0.39, 0.29) is 17.5 Å². The zero-order valence-electron chi connectivity index (χ0n) is 22.0. The summed E-state index contributed by atoms with van der Waals surface area (Å²) in [5.74, 6) is 0.482. The predicted octanol–water partition coefficient (Wildman–Crippen LogP) is 5.92. The lowest BCUT2D eigenvalue weighted by atomic mass is 10.1. The van der Waals surface area contributed by atoms with Gasteiger partial charge >= 0.3 is 12.1 Å². The highest BCUT2D eigenvalue weighted by molar-refractivity contribution is 6.35. The number of nitrogens with one attached hydrogen (secondary N) is 1. The maximum absolute atomic E-state index is 12.3. The zero-order valence-corrected chi connectivity index (χ0v) is 23.5. The number of nitrogens with zero attached hydrogens (tertiary/aromatic N) is 4. The Morgan fingerprint density at radius 2 is 1.64 bits per heavy atom. The molecule has 39 heavy (non-hydrogen) atoms. The molecule has 0 radical (unpaired) electrons. The molecule has 1 aliphatic heterocycles. The average molecular weight is 574 g/mol. The average Bonchev–Trinajstić information content (AvgIpc) is 2.87. The van der Waals surface area contributed by atoms with Gasteiger partial charge in [-0.3, -0.25) is 0 Å². The molecule has 0 unspecified atom stereocenters. The number of alkyl carbamates (subject to hydrolysis) is 1. The number of carbonyl (C=O) groups excluding carboxylic acids is 2. The summed E-state index contributed by atoms with van der Waals surface area (Å²) in [5, 5.41) is 3.78. The van der Waals surface area contributed by atoms with E-state index in [4.69, 9.17) is 37.4 Å². The molecule has 2 aromatic heterocycles. The summed E-state index contributed by atoms with van der Waals surface area (Å²) in [5.41, 5.74) is 0.745. The molecule has 206 valence electrons. The lowest BCUT2D eigenvalue weighted by molar-refractivity contribution is 0.0496. The molecule has 0 saturated carbocycles. The molecule has 3 aromatic rings. The number of ether oxygens (including phenoxy) is 3. The van der Waals surface area contributed by atoms with Gasteiger partial charge in [0.15, 0.2) is 5.75 Å². The van der Waals surface area contributed by atoms with E-state index in [0.717, 1.165) is 12.8 Å². The second kappa shape index (κ2) is 12.0. The molecule has 0 spiro atoms. The van der Waals surface area contributed by atoms with Crippen LogP contribution < -0.4 is 15.0 Å². The first-order valence-corrected chi connectivity index (χ1v) is 13.1. The van der Waals surface area contributed by atoms with Gasteiger partial charge in [0, 0.05) is 40.8 Å². The Bertz CT molecular complexity index is 1320. The van der Waals surface area contributed by atoms with Gasteiger partial charge in [0.05, 0.1) is 30.8 Å². The number of aromatic nitrogens is 3. The Morgan fingerprint density at radius 3 is 2.23 bits per heavy atom. The second-order valence-corrected chi connectivity index (χ2v) is 10.8. The molecule has 1 fully saturated rings. The highest BCUT2D eigenvalue weighted by Gasteiger charge is 2.25. The van der Waals surface area contributed by atoms with Gasteiger partial charge in [0.2, 0.25) is 11.8 Å². The third-order valence-corrected chi connectivity index (χ3v) is 6.15. The van der Waals surface area contributed by atoms with Crippen LogP contribution in [0.3, 0.4) is 0 Å². The highest BCUT2D eigenvalue weighted by Crippen LogP contribution is 2.30.